The van der Waals surface area contributed by atoms with Gasteiger partial charge in [-0.25, -0.2) is 0 Å². The Balaban J connectivity index is 1.59. The van der Waals surface area contributed by atoms with Gasteiger partial charge in [0.1, 0.15) is 18.1 Å². The Morgan fingerprint density at radius 2 is 2.12 bits per heavy atom. The molecule has 0 spiro atoms. The largest absolute Gasteiger partial charge is 0.492 e. The van der Waals surface area contributed by atoms with Crippen LogP contribution < -0.4 is 10.3 Å². The van der Waals surface area contributed by atoms with Crippen LogP contribution in [0.25, 0.3) is 0 Å². The summed E-state index contributed by atoms with van der Waals surface area (Å²) < 4.78 is 5.93. The molecule has 130 valence electrons. The molecule has 25 heavy (non-hydrogen) atoms. The average molecular weight is 338 g/mol. The molecule has 1 fully saturated rings. The summed E-state index contributed by atoms with van der Waals surface area (Å²) >= 11 is 0. The number of nitrogens with one attached hydrogen (secondary N) is 1. The van der Waals surface area contributed by atoms with E-state index in [-0.39, 0.29) is 5.56 Å². The quantitative estimate of drug-likeness (QED) is 0.904. The van der Waals surface area contributed by atoms with Crippen LogP contribution in [0.5, 0.6) is 5.75 Å². The number of nitriles is 1. The number of nitrogens with zero attached hydrogens (tertiary/aromatic N) is 3. The van der Waals surface area contributed by atoms with Crippen molar-refractivity contribution >= 4 is 0 Å². The van der Waals surface area contributed by atoms with Crippen molar-refractivity contribution in [1.29, 1.82) is 5.26 Å². The predicted octanol–water partition coefficient (Wildman–Crippen LogP) is 2.26. The fourth-order valence-corrected chi connectivity index (χ4v) is 3.07. The number of rotatable bonds is 5. The molecule has 1 aromatic carbocycles. The van der Waals surface area contributed by atoms with Crippen molar-refractivity contribution in [3.8, 4) is 11.8 Å². The molecule has 1 aliphatic rings. The van der Waals surface area contributed by atoms with Crippen LogP contribution in [-0.2, 0) is 6.54 Å². The van der Waals surface area contributed by atoms with Crippen LogP contribution in [0.4, 0.5) is 0 Å². The first-order valence-electron chi connectivity index (χ1n) is 8.46. The van der Waals surface area contributed by atoms with Gasteiger partial charge in [0.15, 0.2) is 0 Å². The summed E-state index contributed by atoms with van der Waals surface area (Å²) in [6.07, 6.45) is 4.57. The highest BCUT2D eigenvalue weighted by molar-refractivity contribution is 5.31. The summed E-state index contributed by atoms with van der Waals surface area (Å²) in [6, 6.07) is 10.3. The van der Waals surface area contributed by atoms with Crippen LogP contribution in [0, 0.1) is 23.7 Å². The van der Waals surface area contributed by atoms with Gasteiger partial charge < -0.3 is 9.72 Å². The van der Waals surface area contributed by atoms with Crippen LogP contribution in [0.3, 0.4) is 0 Å². The van der Waals surface area contributed by atoms with Crippen molar-refractivity contribution < 1.29 is 4.74 Å². The number of hydrogen-bond acceptors (Lipinski definition) is 5. The highest BCUT2D eigenvalue weighted by Gasteiger charge is 2.36. The van der Waals surface area contributed by atoms with Crippen molar-refractivity contribution in [2.45, 2.75) is 26.3 Å². The van der Waals surface area contributed by atoms with Gasteiger partial charge in [-0.3, -0.25) is 14.7 Å². The molecule has 0 unspecified atom stereocenters. The third-order valence-electron chi connectivity index (χ3n) is 4.80. The van der Waals surface area contributed by atoms with E-state index in [1.54, 1.807) is 6.20 Å². The zero-order chi connectivity index (χ0) is 17.7. The van der Waals surface area contributed by atoms with Gasteiger partial charge in [0.25, 0.3) is 5.56 Å². The number of aromatic nitrogens is 2. The summed E-state index contributed by atoms with van der Waals surface area (Å²) in [5.41, 5.74) is 0.961. The molecule has 0 radical (unpaired) electrons. The molecule has 1 N–H and O–H groups in total. The van der Waals surface area contributed by atoms with E-state index in [4.69, 9.17) is 4.74 Å². The van der Waals surface area contributed by atoms with E-state index in [2.05, 4.69) is 20.9 Å². The molecule has 0 bridgehead atoms. The van der Waals surface area contributed by atoms with E-state index in [1.807, 2.05) is 31.2 Å². The van der Waals surface area contributed by atoms with Gasteiger partial charge in [0.05, 0.1) is 11.5 Å². The third kappa shape index (κ3) is 4.06. The zero-order valence-corrected chi connectivity index (χ0v) is 14.4. The number of para-hydroxylation sites is 1. The van der Waals surface area contributed by atoms with Crippen LogP contribution in [0.15, 0.2) is 41.5 Å². The molecule has 6 nitrogen and oxygen atoms in total. The lowest BCUT2D eigenvalue weighted by Gasteiger charge is -2.36. The van der Waals surface area contributed by atoms with Gasteiger partial charge >= 0.3 is 0 Å². The van der Waals surface area contributed by atoms with E-state index in [1.165, 1.54) is 6.20 Å². The summed E-state index contributed by atoms with van der Waals surface area (Å²) in [6.45, 7) is 4.41. The van der Waals surface area contributed by atoms with E-state index < -0.39 is 5.41 Å². The normalized spacial score (nSPS) is 17.0. The van der Waals surface area contributed by atoms with Gasteiger partial charge in [-0.2, -0.15) is 5.26 Å². The van der Waals surface area contributed by atoms with Crippen molar-refractivity contribution in [1.82, 2.24) is 14.9 Å². The monoisotopic (exact) mass is 338 g/mol. The Morgan fingerprint density at radius 3 is 2.80 bits per heavy atom. The van der Waals surface area contributed by atoms with Gasteiger partial charge in [-0.1, -0.05) is 18.2 Å². The Morgan fingerprint density at radius 1 is 1.36 bits per heavy atom. The molecule has 1 saturated heterocycles. The Labute approximate surface area is 147 Å². The number of hydrogen-bond donors (Lipinski definition) is 1. The lowest BCUT2D eigenvalue weighted by atomic mass is 9.80. The first-order valence-corrected chi connectivity index (χ1v) is 8.46. The lowest BCUT2D eigenvalue weighted by molar-refractivity contribution is 0.0910. The third-order valence-corrected chi connectivity index (χ3v) is 4.80. The van der Waals surface area contributed by atoms with Crippen LogP contribution >= 0.6 is 0 Å². The first-order chi connectivity index (χ1) is 12.1. The topological polar surface area (TPSA) is 82.0 Å². The number of benzene rings is 1. The average Bonchev–Trinajstić information content (AvgIpc) is 2.64. The van der Waals surface area contributed by atoms with E-state index >= 15 is 0 Å². The second kappa shape index (κ2) is 7.49. The molecule has 1 aromatic heterocycles. The minimum Gasteiger partial charge on any atom is -0.492 e. The summed E-state index contributed by atoms with van der Waals surface area (Å²) in [5, 5.41) is 9.69. The molecule has 6 heteroatoms. The standard InChI is InChI=1S/C19H22N4O2/c1-15-4-2-3-5-17(15)25-14-19(13-20)6-10-23(11-7-19)12-16-18(24)22-9-8-21-16/h2-5,8-9H,6-7,10-12,14H2,1H3,(H,22,24). The zero-order valence-electron chi connectivity index (χ0n) is 14.4. The number of likely N-dealkylation sites (tertiary alicyclic amines) is 1. The van der Waals surface area contributed by atoms with Gasteiger partial charge in [-0.05, 0) is 31.4 Å². The highest BCUT2D eigenvalue weighted by Crippen LogP contribution is 2.32. The van der Waals surface area contributed by atoms with Gasteiger partial charge in [0.2, 0.25) is 0 Å². The maximum atomic E-state index is 11.8. The number of aryl methyl sites for hydroxylation is 1. The van der Waals surface area contributed by atoms with E-state index in [0.717, 1.165) is 37.2 Å². The van der Waals surface area contributed by atoms with Crippen LogP contribution in [0.1, 0.15) is 24.1 Å². The molecule has 2 heterocycles. The Hall–Kier alpha value is -2.65. The summed E-state index contributed by atoms with van der Waals surface area (Å²) in [4.78, 5) is 20.7. The fraction of sp³-hybridized carbons (Fsp3) is 0.421. The molecule has 0 atom stereocenters. The van der Waals surface area contributed by atoms with Crippen molar-refractivity contribution in [2.75, 3.05) is 19.7 Å². The SMILES string of the molecule is Cc1ccccc1OCC1(C#N)CCN(Cc2ncc[nH]c2=O)CC1. The fourth-order valence-electron chi connectivity index (χ4n) is 3.07. The molecule has 2 aromatic rings. The first kappa shape index (κ1) is 17.2. The van der Waals surface area contributed by atoms with Crippen molar-refractivity contribution in [3.05, 3.63) is 58.3 Å². The smallest absolute Gasteiger partial charge is 0.270 e. The molecular weight excluding hydrogens is 316 g/mol. The number of aromatic amines is 1. The van der Waals surface area contributed by atoms with Crippen LogP contribution in [0.2, 0.25) is 0 Å². The lowest BCUT2D eigenvalue weighted by Crippen LogP contribution is -2.42. The number of H-pyrrole nitrogens is 1. The minimum atomic E-state index is -0.477. The molecular formula is C19H22N4O2. The van der Waals surface area contributed by atoms with Crippen LogP contribution in [-0.4, -0.2) is 34.6 Å². The minimum absolute atomic E-state index is 0.150. The summed E-state index contributed by atoms with van der Waals surface area (Å²) in [5.74, 6) is 0.833. The maximum absolute atomic E-state index is 11.8. The predicted molar refractivity (Wildman–Crippen MR) is 94.1 cm³/mol. The Kier molecular flexibility index (Phi) is 5.15. The molecule has 3 rings (SSSR count). The highest BCUT2D eigenvalue weighted by atomic mass is 16.5. The van der Waals surface area contributed by atoms with Crippen molar-refractivity contribution in [2.24, 2.45) is 5.41 Å². The molecule has 1 aliphatic heterocycles. The van der Waals surface area contributed by atoms with Gasteiger partial charge in [-0.15, -0.1) is 0 Å². The second-order valence-electron chi connectivity index (χ2n) is 6.59. The maximum Gasteiger partial charge on any atom is 0.270 e. The molecule has 0 amide bonds. The van der Waals surface area contributed by atoms with Gasteiger partial charge in [0, 0.05) is 32.0 Å². The van der Waals surface area contributed by atoms with E-state index in [0.29, 0.717) is 18.8 Å². The second-order valence-corrected chi connectivity index (χ2v) is 6.59. The van der Waals surface area contributed by atoms with Crippen molar-refractivity contribution in [3.63, 3.8) is 0 Å². The Bertz CT molecular complexity index is 816. The summed E-state index contributed by atoms with van der Waals surface area (Å²) in [7, 11) is 0. The number of ether oxygens (including phenoxy) is 1. The van der Waals surface area contributed by atoms with E-state index in [9.17, 15) is 10.1 Å². The molecule has 0 saturated carbocycles. The molecule has 0 aliphatic carbocycles. The number of piperidine rings is 1.